The van der Waals surface area contributed by atoms with E-state index in [-0.39, 0.29) is 19.5 Å². The Labute approximate surface area is 94.8 Å². The van der Waals surface area contributed by atoms with Gasteiger partial charge in [-0.25, -0.2) is 4.79 Å². The number of rotatable bonds is 1. The molecule has 13 heavy (non-hydrogen) atoms. The molecule has 0 aliphatic heterocycles. The molecule has 1 aromatic carbocycles. The zero-order valence-electron chi connectivity index (χ0n) is 7.28. The molecule has 3 nitrogen and oxygen atoms in total. The van der Waals surface area contributed by atoms with Crippen LogP contribution in [0.3, 0.4) is 0 Å². The van der Waals surface area contributed by atoms with Gasteiger partial charge in [0.05, 0.1) is 12.7 Å². The topological polar surface area (TPSA) is 52.3 Å². The van der Waals surface area contributed by atoms with Gasteiger partial charge in [-0.2, -0.15) is 0 Å². The first-order chi connectivity index (χ1) is 5.65. The Morgan fingerprint density at radius 3 is 2.62 bits per heavy atom. The van der Waals surface area contributed by atoms with E-state index in [4.69, 9.17) is 5.73 Å². The molecule has 66 valence electrons. The molecule has 0 spiro atoms. The van der Waals surface area contributed by atoms with Crippen molar-refractivity contribution in [3.8, 4) is 0 Å². The van der Waals surface area contributed by atoms with Crippen LogP contribution < -0.4 is 5.73 Å². The maximum atomic E-state index is 11.0. The number of esters is 1. The van der Waals surface area contributed by atoms with Gasteiger partial charge < -0.3 is 10.5 Å². The van der Waals surface area contributed by atoms with Gasteiger partial charge in [-0.1, -0.05) is 0 Å². The summed E-state index contributed by atoms with van der Waals surface area (Å²) < 4.78 is 4.51. The number of nitrogen functional groups attached to an aromatic ring is 1. The monoisotopic (exact) mass is 247 g/mol. The van der Waals surface area contributed by atoms with Gasteiger partial charge in [0.2, 0.25) is 0 Å². The molecule has 0 atom stereocenters. The summed E-state index contributed by atoms with van der Waals surface area (Å²) in [7, 11) is 1.33. The Balaban J connectivity index is 0.00000144. The van der Waals surface area contributed by atoms with Gasteiger partial charge in [-0.15, -0.1) is 12.6 Å². The first-order valence-corrected chi connectivity index (χ1v) is 3.76. The molecule has 0 fully saturated rings. The molecule has 0 bridgehead atoms. The van der Waals surface area contributed by atoms with Crippen LogP contribution in [0, 0.1) is 0 Å². The number of thiol groups is 1. The van der Waals surface area contributed by atoms with Gasteiger partial charge in [0, 0.05) is 30.1 Å². The van der Waals surface area contributed by atoms with Gasteiger partial charge in [-0.05, 0) is 18.2 Å². The van der Waals surface area contributed by atoms with Gasteiger partial charge in [0.1, 0.15) is 0 Å². The third kappa shape index (κ3) is 3.01. The third-order valence-electron chi connectivity index (χ3n) is 1.45. The van der Waals surface area contributed by atoms with Crippen molar-refractivity contribution < 1.29 is 29.0 Å². The summed E-state index contributed by atoms with van der Waals surface area (Å²) in [5, 5.41) is 0. The Kier molecular flexibility index (Phi) is 5.03. The molecular weight excluding hydrogens is 240 g/mol. The molecule has 0 amide bonds. The first-order valence-electron chi connectivity index (χ1n) is 3.32. The van der Waals surface area contributed by atoms with E-state index in [1.807, 2.05) is 0 Å². The van der Waals surface area contributed by atoms with Crippen LogP contribution in [-0.4, -0.2) is 13.1 Å². The van der Waals surface area contributed by atoms with E-state index in [0.717, 1.165) is 0 Å². The van der Waals surface area contributed by atoms with Crippen LogP contribution in [0.15, 0.2) is 23.1 Å². The Morgan fingerprint density at radius 2 is 2.15 bits per heavy atom. The molecule has 0 aliphatic rings. The van der Waals surface area contributed by atoms with Crippen molar-refractivity contribution in [3.05, 3.63) is 23.8 Å². The number of anilines is 1. The molecule has 0 aliphatic carbocycles. The van der Waals surface area contributed by atoms with Crippen LogP contribution in [0.4, 0.5) is 5.69 Å². The fraction of sp³-hybridized carbons (Fsp3) is 0.125. The fourth-order valence-corrected chi connectivity index (χ4v) is 0.938. The minimum atomic E-state index is -0.393. The van der Waals surface area contributed by atoms with Crippen LogP contribution in [0.1, 0.15) is 10.4 Å². The maximum absolute atomic E-state index is 11.0. The standard InChI is InChI=1S/C8H9NO2S.Zn/c1-11-8(10)5-2-3-7(12)6(9)4-5;/h2-4,12H,9H2,1H3;. The van der Waals surface area contributed by atoms with E-state index in [2.05, 4.69) is 17.4 Å². The second-order valence-corrected chi connectivity index (χ2v) is 2.75. The fourth-order valence-electron chi connectivity index (χ4n) is 0.799. The van der Waals surface area contributed by atoms with Crippen LogP contribution in [0.25, 0.3) is 0 Å². The molecule has 0 saturated heterocycles. The molecule has 2 N–H and O–H groups in total. The molecule has 0 radical (unpaired) electrons. The Bertz CT molecular complexity index is 317. The number of hydrogen-bond donors (Lipinski definition) is 2. The van der Waals surface area contributed by atoms with Gasteiger partial charge in [0.15, 0.2) is 0 Å². The van der Waals surface area contributed by atoms with E-state index in [0.29, 0.717) is 16.1 Å². The summed E-state index contributed by atoms with van der Waals surface area (Å²) >= 11 is 4.07. The summed E-state index contributed by atoms with van der Waals surface area (Å²) in [4.78, 5) is 11.6. The van der Waals surface area contributed by atoms with Crippen molar-refractivity contribution in [2.75, 3.05) is 12.8 Å². The predicted octanol–water partition coefficient (Wildman–Crippen LogP) is 1.34. The van der Waals surface area contributed by atoms with Crippen LogP contribution in [0.2, 0.25) is 0 Å². The number of carbonyl (C=O) groups excluding carboxylic acids is 1. The number of methoxy groups -OCH3 is 1. The van der Waals surface area contributed by atoms with Crippen molar-refractivity contribution >= 4 is 24.3 Å². The number of carbonyl (C=O) groups is 1. The molecule has 1 aromatic rings. The molecule has 1 rings (SSSR count). The largest absolute Gasteiger partial charge is 0.465 e. The number of nitrogens with two attached hydrogens (primary N) is 1. The predicted molar refractivity (Wildman–Crippen MR) is 49.4 cm³/mol. The average molecular weight is 249 g/mol. The summed E-state index contributed by atoms with van der Waals surface area (Å²) in [6, 6.07) is 4.81. The zero-order valence-corrected chi connectivity index (χ0v) is 11.1. The van der Waals surface area contributed by atoms with E-state index >= 15 is 0 Å². The number of benzene rings is 1. The summed E-state index contributed by atoms with van der Waals surface area (Å²) in [6.45, 7) is 0. The second kappa shape index (κ2) is 5.25. The van der Waals surface area contributed by atoms with Crippen molar-refractivity contribution in [1.29, 1.82) is 0 Å². The van der Waals surface area contributed by atoms with Crippen LogP contribution in [-0.2, 0) is 24.2 Å². The minimum Gasteiger partial charge on any atom is -0.465 e. The zero-order chi connectivity index (χ0) is 9.14. The molecule has 0 aromatic heterocycles. The SMILES string of the molecule is COC(=O)c1ccc(S)c(N)c1.[Zn]. The average Bonchev–Trinajstić information content (AvgIpc) is 2.08. The quantitative estimate of drug-likeness (QED) is 0.341. The van der Waals surface area contributed by atoms with Crippen molar-refractivity contribution in [3.63, 3.8) is 0 Å². The van der Waals surface area contributed by atoms with Gasteiger partial charge >= 0.3 is 5.97 Å². The molecule has 5 heteroatoms. The van der Waals surface area contributed by atoms with E-state index in [9.17, 15) is 4.79 Å². The Morgan fingerprint density at radius 1 is 1.54 bits per heavy atom. The summed E-state index contributed by atoms with van der Waals surface area (Å²) in [6.07, 6.45) is 0. The first kappa shape index (κ1) is 12.5. The molecule has 0 saturated carbocycles. The second-order valence-electron chi connectivity index (χ2n) is 2.27. The van der Waals surface area contributed by atoms with Gasteiger partial charge in [0.25, 0.3) is 0 Å². The van der Waals surface area contributed by atoms with Crippen LogP contribution in [0.5, 0.6) is 0 Å². The van der Waals surface area contributed by atoms with Gasteiger partial charge in [-0.3, -0.25) is 0 Å². The maximum Gasteiger partial charge on any atom is 0.337 e. The number of hydrogen-bond acceptors (Lipinski definition) is 4. The summed E-state index contributed by atoms with van der Waals surface area (Å²) in [5.74, 6) is -0.393. The van der Waals surface area contributed by atoms with E-state index in [1.54, 1.807) is 12.1 Å². The van der Waals surface area contributed by atoms with E-state index in [1.165, 1.54) is 13.2 Å². The Hall–Kier alpha value is -0.537. The minimum absolute atomic E-state index is 0. The van der Waals surface area contributed by atoms with Crippen molar-refractivity contribution in [2.45, 2.75) is 4.90 Å². The molecule has 0 heterocycles. The third-order valence-corrected chi connectivity index (χ3v) is 1.86. The van der Waals surface area contributed by atoms with E-state index < -0.39 is 5.97 Å². The van der Waals surface area contributed by atoms with Crippen molar-refractivity contribution in [2.24, 2.45) is 0 Å². The van der Waals surface area contributed by atoms with Crippen LogP contribution >= 0.6 is 12.6 Å². The molecular formula is C8H9NO2SZn. The number of ether oxygens (including phenoxy) is 1. The smallest absolute Gasteiger partial charge is 0.337 e. The summed E-state index contributed by atoms with van der Waals surface area (Å²) in [5.41, 5.74) is 6.44. The normalized spacial score (nSPS) is 8.77. The van der Waals surface area contributed by atoms with Crippen molar-refractivity contribution in [1.82, 2.24) is 0 Å². The molecule has 0 unspecified atom stereocenters.